The number of rotatable bonds is 4. The average molecular weight is 387 g/mol. The van der Waals surface area contributed by atoms with Gasteiger partial charge in [-0.05, 0) is 25.6 Å². The molecule has 1 unspecified atom stereocenters. The minimum absolute atomic E-state index is 0.0329. The lowest BCUT2D eigenvalue weighted by Crippen LogP contribution is -2.50. The van der Waals surface area contributed by atoms with Crippen LogP contribution >= 0.6 is 11.8 Å². The van der Waals surface area contributed by atoms with Crippen LogP contribution < -0.4 is 0 Å². The minimum Gasteiger partial charge on any atom is -0.339 e. The van der Waals surface area contributed by atoms with Gasteiger partial charge in [-0.3, -0.25) is 9.20 Å². The van der Waals surface area contributed by atoms with E-state index in [1.165, 1.54) is 10.5 Å². The quantitative estimate of drug-likeness (QED) is 0.754. The van der Waals surface area contributed by atoms with Crippen molar-refractivity contribution in [3.63, 3.8) is 0 Å². The number of piperazine rings is 1. The van der Waals surface area contributed by atoms with Gasteiger partial charge in [0, 0.05) is 32.4 Å². The Bertz CT molecular complexity index is 786. The van der Waals surface area contributed by atoms with Crippen LogP contribution in [0.1, 0.15) is 19.4 Å². The van der Waals surface area contributed by atoms with E-state index in [4.69, 9.17) is 0 Å². The molecule has 1 saturated heterocycles. The number of halogens is 3. The van der Waals surface area contributed by atoms with E-state index in [1.807, 2.05) is 0 Å². The van der Waals surface area contributed by atoms with Crippen molar-refractivity contribution >= 4 is 23.3 Å². The van der Waals surface area contributed by atoms with Gasteiger partial charge in [-0.25, -0.2) is 0 Å². The molecule has 3 heterocycles. The monoisotopic (exact) mass is 387 g/mol. The van der Waals surface area contributed by atoms with Crippen LogP contribution in [-0.4, -0.2) is 68.3 Å². The summed E-state index contributed by atoms with van der Waals surface area (Å²) >= 11 is 1.12. The number of carbonyl (C=O) groups is 1. The maximum atomic E-state index is 12.9. The van der Waals surface area contributed by atoms with E-state index in [0.717, 1.165) is 43.7 Å². The van der Waals surface area contributed by atoms with Crippen molar-refractivity contribution in [1.29, 1.82) is 0 Å². The summed E-state index contributed by atoms with van der Waals surface area (Å²) in [6.45, 7) is 7.78. The Kier molecular flexibility index (Phi) is 5.42. The Morgan fingerprint density at radius 2 is 1.92 bits per heavy atom. The number of hydrogen-bond acceptors (Lipinski definition) is 5. The van der Waals surface area contributed by atoms with Gasteiger partial charge in [-0.2, -0.15) is 13.2 Å². The second-order valence-corrected chi connectivity index (χ2v) is 7.45. The third-order valence-electron chi connectivity index (χ3n) is 4.46. The summed E-state index contributed by atoms with van der Waals surface area (Å²) in [6, 6.07) is 2.25. The molecule has 0 aromatic carbocycles. The molecule has 0 saturated carbocycles. The molecule has 1 fully saturated rings. The summed E-state index contributed by atoms with van der Waals surface area (Å²) in [4.78, 5) is 16.7. The van der Waals surface area contributed by atoms with Crippen LogP contribution in [-0.2, 0) is 11.0 Å². The first-order chi connectivity index (χ1) is 12.3. The molecule has 0 bridgehead atoms. The fourth-order valence-electron chi connectivity index (χ4n) is 2.87. The Hall–Kier alpha value is -1.81. The van der Waals surface area contributed by atoms with Gasteiger partial charge >= 0.3 is 6.18 Å². The van der Waals surface area contributed by atoms with E-state index >= 15 is 0 Å². The molecule has 2 aromatic rings. The van der Waals surface area contributed by atoms with Crippen molar-refractivity contribution in [2.75, 3.05) is 32.7 Å². The molecule has 1 aliphatic heterocycles. The lowest BCUT2D eigenvalue weighted by Gasteiger charge is -2.35. The molecule has 6 nitrogen and oxygen atoms in total. The normalized spacial score (nSPS) is 17.7. The van der Waals surface area contributed by atoms with Crippen LogP contribution in [0.4, 0.5) is 13.2 Å². The zero-order valence-electron chi connectivity index (χ0n) is 14.5. The van der Waals surface area contributed by atoms with Gasteiger partial charge in [-0.15, -0.1) is 10.2 Å². The number of alkyl halides is 3. The highest BCUT2D eigenvalue weighted by atomic mass is 32.2. The highest BCUT2D eigenvalue weighted by Crippen LogP contribution is 2.31. The van der Waals surface area contributed by atoms with Crippen molar-refractivity contribution in [2.45, 2.75) is 30.4 Å². The lowest BCUT2D eigenvalue weighted by molar-refractivity contribution is -0.138. The Labute approximate surface area is 153 Å². The van der Waals surface area contributed by atoms with Crippen LogP contribution in [0.2, 0.25) is 0 Å². The van der Waals surface area contributed by atoms with Gasteiger partial charge in [0.05, 0.1) is 10.8 Å². The van der Waals surface area contributed by atoms with E-state index in [9.17, 15) is 18.0 Å². The third-order valence-corrected chi connectivity index (χ3v) is 5.50. The van der Waals surface area contributed by atoms with Crippen molar-refractivity contribution < 1.29 is 18.0 Å². The fraction of sp³-hybridized carbons (Fsp3) is 0.562. The number of fused-ring (bicyclic) bond motifs is 1. The molecule has 0 N–H and O–H groups in total. The molecular weight excluding hydrogens is 367 g/mol. The second-order valence-electron chi connectivity index (χ2n) is 6.15. The van der Waals surface area contributed by atoms with E-state index < -0.39 is 17.0 Å². The first-order valence-electron chi connectivity index (χ1n) is 8.39. The zero-order chi connectivity index (χ0) is 18.9. The highest BCUT2D eigenvalue weighted by molar-refractivity contribution is 8.00. The number of hydrogen-bond donors (Lipinski definition) is 0. The molecule has 0 spiro atoms. The topological polar surface area (TPSA) is 53.7 Å². The summed E-state index contributed by atoms with van der Waals surface area (Å²) < 4.78 is 40.1. The Balaban J connectivity index is 1.73. The first kappa shape index (κ1) is 19.0. The van der Waals surface area contributed by atoms with Gasteiger partial charge in [0.15, 0.2) is 10.8 Å². The molecule has 26 heavy (non-hydrogen) atoms. The SMILES string of the molecule is CCN1CCN(C(=O)C(C)Sc2nnc3ccc(C(F)(F)F)cn23)CC1. The number of carbonyl (C=O) groups excluding carboxylic acids is 1. The van der Waals surface area contributed by atoms with Crippen molar-refractivity contribution in [1.82, 2.24) is 24.4 Å². The Morgan fingerprint density at radius 1 is 1.23 bits per heavy atom. The molecule has 142 valence electrons. The largest absolute Gasteiger partial charge is 0.417 e. The summed E-state index contributed by atoms with van der Waals surface area (Å²) in [5.41, 5.74) is -0.460. The molecule has 3 rings (SSSR count). The molecule has 1 atom stereocenters. The summed E-state index contributed by atoms with van der Waals surface area (Å²) in [7, 11) is 0. The van der Waals surface area contributed by atoms with E-state index in [0.29, 0.717) is 18.7 Å². The van der Waals surface area contributed by atoms with Crippen LogP contribution in [0, 0.1) is 0 Å². The number of nitrogens with zero attached hydrogens (tertiary/aromatic N) is 5. The summed E-state index contributed by atoms with van der Waals surface area (Å²) in [6.07, 6.45) is -3.48. The summed E-state index contributed by atoms with van der Waals surface area (Å²) in [5, 5.41) is 7.65. The van der Waals surface area contributed by atoms with Crippen LogP contribution in [0.25, 0.3) is 5.65 Å². The molecule has 0 aliphatic carbocycles. The van der Waals surface area contributed by atoms with E-state index in [-0.39, 0.29) is 11.1 Å². The smallest absolute Gasteiger partial charge is 0.339 e. The van der Waals surface area contributed by atoms with Gasteiger partial charge < -0.3 is 9.80 Å². The number of likely N-dealkylation sites (N-methyl/N-ethyl adjacent to an activating group) is 1. The highest BCUT2D eigenvalue weighted by Gasteiger charge is 2.32. The maximum absolute atomic E-state index is 12.9. The van der Waals surface area contributed by atoms with E-state index in [2.05, 4.69) is 22.0 Å². The van der Waals surface area contributed by atoms with Crippen molar-refractivity contribution in [2.24, 2.45) is 0 Å². The standard InChI is InChI=1S/C16H20F3N5OS/c1-3-22-6-8-23(9-7-22)14(25)11(2)26-15-21-20-13-5-4-12(10-24(13)15)16(17,18)19/h4-5,10-11H,3,6-9H2,1-2H3. The van der Waals surface area contributed by atoms with Gasteiger partial charge in [0.1, 0.15) is 0 Å². The van der Waals surface area contributed by atoms with Crippen LogP contribution in [0.3, 0.4) is 0 Å². The van der Waals surface area contributed by atoms with Gasteiger partial charge in [0.25, 0.3) is 0 Å². The number of amides is 1. The molecule has 10 heteroatoms. The second kappa shape index (κ2) is 7.43. The molecular formula is C16H20F3N5OS. The van der Waals surface area contributed by atoms with Gasteiger partial charge in [-0.1, -0.05) is 18.7 Å². The zero-order valence-corrected chi connectivity index (χ0v) is 15.3. The van der Waals surface area contributed by atoms with Crippen molar-refractivity contribution in [3.05, 3.63) is 23.9 Å². The lowest BCUT2D eigenvalue weighted by atomic mass is 10.3. The molecule has 0 radical (unpaired) electrons. The van der Waals surface area contributed by atoms with E-state index in [1.54, 1.807) is 11.8 Å². The van der Waals surface area contributed by atoms with Gasteiger partial charge in [0.2, 0.25) is 5.91 Å². The first-order valence-corrected chi connectivity index (χ1v) is 9.27. The maximum Gasteiger partial charge on any atom is 0.417 e. The summed E-state index contributed by atoms with van der Waals surface area (Å²) in [5.74, 6) is -0.0329. The van der Waals surface area contributed by atoms with Crippen molar-refractivity contribution in [3.8, 4) is 0 Å². The van der Waals surface area contributed by atoms with Crippen LogP contribution in [0.5, 0.6) is 0 Å². The minimum atomic E-state index is -4.44. The Morgan fingerprint density at radius 3 is 2.54 bits per heavy atom. The predicted octanol–water partition coefficient (Wildman–Crippen LogP) is 2.39. The number of thioether (sulfide) groups is 1. The molecule has 2 aromatic heterocycles. The average Bonchev–Trinajstić information content (AvgIpc) is 3.02. The fourth-order valence-corrected chi connectivity index (χ4v) is 3.78. The number of aromatic nitrogens is 3. The molecule has 1 amide bonds. The predicted molar refractivity (Wildman–Crippen MR) is 92.0 cm³/mol. The van der Waals surface area contributed by atoms with Crippen LogP contribution in [0.15, 0.2) is 23.5 Å². The third kappa shape index (κ3) is 3.96. The number of pyridine rings is 1. The molecule has 1 aliphatic rings.